The Kier molecular flexibility index (Phi) is 4.79. The van der Waals surface area contributed by atoms with Gasteiger partial charge in [0.05, 0.1) is 23.3 Å². The zero-order valence-corrected chi connectivity index (χ0v) is 14.7. The van der Waals surface area contributed by atoms with Gasteiger partial charge in [0.25, 0.3) is 0 Å². The van der Waals surface area contributed by atoms with Crippen molar-refractivity contribution in [1.82, 2.24) is 9.97 Å². The molecule has 25 heavy (non-hydrogen) atoms. The first kappa shape index (κ1) is 17.1. The molecule has 0 amide bonds. The van der Waals surface area contributed by atoms with Gasteiger partial charge in [0, 0.05) is 43.8 Å². The molecule has 0 aromatic carbocycles. The summed E-state index contributed by atoms with van der Waals surface area (Å²) in [5, 5.41) is 14.3. The Bertz CT molecular complexity index is 801. The molecule has 3 rings (SSSR count). The molecule has 0 atom stereocenters. The van der Waals surface area contributed by atoms with Gasteiger partial charge in [-0.25, -0.2) is 14.8 Å². The molecule has 0 unspecified atom stereocenters. The van der Waals surface area contributed by atoms with E-state index in [-0.39, 0.29) is 17.1 Å². The summed E-state index contributed by atoms with van der Waals surface area (Å²) in [4.78, 5) is 35.1. The first-order valence-electron chi connectivity index (χ1n) is 7.64. The fraction of sp³-hybridized carbons (Fsp3) is 0.400. The molecule has 132 valence electrons. The summed E-state index contributed by atoms with van der Waals surface area (Å²) in [5.74, 6) is -0.376. The smallest absolute Gasteiger partial charge is 0.339 e. The highest BCUT2D eigenvalue weighted by Gasteiger charge is 2.27. The van der Waals surface area contributed by atoms with Gasteiger partial charge in [-0.05, 0) is 6.92 Å². The van der Waals surface area contributed by atoms with Gasteiger partial charge in [-0.1, -0.05) is 0 Å². The molecule has 1 aliphatic rings. The van der Waals surface area contributed by atoms with Crippen molar-refractivity contribution in [2.24, 2.45) is 0 Å². The van der Waals surface area contributed by atoms with E-state index in [1.807, 2.05) is 17.2 Å². The number of hydrogen-bond donors (Lipinski definition) is 0. The first-order valence-corrected chi connectivity index (χ1v) is 8.52. The van der Waals surface area contributed by atoms with Crippen LogP contribution in [-0.4, -0.2) is 54.1 Å². The number of aromatic nitrogens is 2. The van der Waals surface area contributed by atoms with Crippen LogP contribution in [0.4, 0.5) is 16.6 Å². The number of pyridine rings is 1. The Morgan fingerprint density at radius 1 is 1.32 bits per heavy atom. The van der Waals surface area contributed by atoms with Crippen LogP contribution in [0, 0.1) is 17.0 Å². The number of methoxy groups -OCH3 is 1. The topological polar surface area (TPSA) is 102 Å². The van der Waals surface area contributed by atoms with Crippen LogP contribution in [-0.2, 0) is 4.74 Å². The number of nitro groups is 1. The standard InChI is InChI=1S/C15H17N5O4S/c1-10-9-25-15(17-10)19-5-3-18(4-6-19)13-12(20(22)23)7-11(8-16-13)14(21)24-2/h7-9H,3-6H2,1-2H3. The Hall–Kier alpha value is -2.75. The van der Waals surface area contributed by atoms with E-state index in [4.69, 9.17) is 0 Å². The lowest BCUT2D eigenvalue weighted by molar-refractivity contribution is -0.384. The lowest BCUT2D eigenvalue weighted by atomic mass is 10.2. The van der Waals surface area contributed by atoms with Crippen molar-refractivity contribution in [3.63, 3.8) is 0 Å². The normalized spacial score (nSPS) is 14.5. The average molecular weight is 363 g/mol. The van der Waals surface area contributed by atoms with Gasteiger partial charge in [0.1, 0.15) is 0 Å². The van der Waals surface area contributed by atoms with Crippen LogP contribution in [0.3, 0.4) is 0 Å². The highest BCUT2D eigenvalue weighted by atomic mass is 32.1. The number of carbonyl (C=O) groups is 1. The third-order valence-electron chi connectivity index (χ3n) is 3.92. The van der Waals surface area contributed by atoms with E-state index in [2.05, 4.69) is 19.6 Å². The predicted molar refractivity (Wildman–Crippen MR) is 93.5 cm³/mol. The van der Waals surface area contributed by atoms with E-state index in [0.717, 1.165) is 10.8 Å². The van der Waals surface area contributed by atoms with Crippen molar-refractivity contribution in [3.8, 4) is 0 Å². The number of nitrogens with zero attached hydrogens (tertiary/aromatic N) is 5. The lowest BCUT2D eigenvalue weighted by Crippen LogP contribution is -2.47. The number of ether oxygens (including phenoxy) is 1. The van der Waals surface area contributed by atoms with Crippen LogP contribution >= 0.6 is 11.3 Å². The molecule has 1 saturated heterocycles. The fourth-order valence-corrected chi connectivity index (χ4v) is 3.51. The molecular formula is C15H17N5O4S. The monoisotopic (exact) mass is 363 g/mol. The summed E-state index contributed by atoms with van der Waals surface area (Å²) in [6, 6.07) is 1.21. The maximum absolute atomic E-state index is 11.6. The van der Waals surface area contributed by atoms with Crippen LogP contribution < -0.4 is 9.80 Å². The fourth-order valence-electron chi connectivity index (χ4n) is 2.65. The molecule has 2 aromatic heterocycles. The lowest BCUT2D eigenvalue weighted by Gasteiger charge is -2.34. The Morgan fingerprint density at radius 2 is 2.00 bits per heavy atom. The number of piperazine rings is 1. The molecule has 0 N–H and O–H groups in total. The summed E-state index contributed by atoms with van der Waals surface area (Å²) in [5.41, 5.74) is 0.856. The van der Waals surface area contributed by atoms with Gasteiger partial charge < -0.3 is 14.5 Å². The summed E-state index contributed by atoms with van der Waals surface area (Å²) < 4.78 is 4.59. The Morgan fingerprint density at radius 3 is 2.56 bits per heavy atom. The third kappa shape index (κ3) is 3.53. The molecule has 3 heterocycles. The maximum atomic E-state index is 11.6. The molecule has 0 spiro atoms. The van der Waals surface area contributed by atoms with E-state index in [0.29, 0.717) is 26.2 Å². The zero-order chi connectivity index (χ0) is 18.0. The second-order valence-electron chi connectivity index (χ2n) is 5.56. The number of aryl methyl sites for hydroxylation is 1. The first-order chi connectivity index (χ1) is 12.0. The summed E-state index contributed by atoms with van der Waals surface area (Å²) >= 11 is 1.59. The minimum absolute atomic E-state index is 0.0647. The molecule has 0 saturated carbocycles. The quantitative estimate of drug-likeness (QED) is 0.461. The van der Waals surface area contributed by atoms with Gasteiger partial charge in [-0.3, -0.25) is 10.1 Å². The summed E-state index contributed by atoms with van der Waals surface area (Å²) in [6.07, 6.45) is 1.31. The van der Waals surface area contributed by atoms with Crippen LogP contribution in [0.15, 0.2) is 17.6 Å². The number of anilines is 2. The van der Waals surface area contributed by atoms with Gasteiger partial charge in [-0.15, -0.1) is 11.3 Å². The predicted octanol–water partition coefficient (Wildman–Crippen LogP) is 1.87. The zero-order valence-electron chi connectivity index (χ0n) is 13.8. The van der Waals surface area contributed by atoms with Gasteiger partial charge in [0.2, 0.25) is 5.82 Å². The highest BCUT2D eigenvalue weighted by Crippen LogP contribution is 2.29. The van der Waals surface area contributed by atoms with Crippen molar-refractivity contribution < 1.29 is 14.5 Å². The van der Waals surface area contributed by atoms with Gasteiger partial charge >= 0.3 is 11.7 Å². The third-order valence-corrected chi connectivity index (χ3v) is 4.94. The van der Waals surface area contributed by atoms with Crippen LogP contribution in [0.2, 0.25) is 0 Å². The molecule has 10 heteroatoms. The molecule has 0 radical (unpaired) electrons. The SMILES string of the molecule is COC(=O)c1cnc(N2CCN(c3nc(C)cs3)CC2)c([N+](=O)[O-])c1. The van der Waals surface area contributed by atoms with E-state index in [1.165, 1.54) is 19.4 Å². The number of rotatable bonds is 4. The number of hydrogen-bond acceptors (Lipinski definition) is 9. The van der Waals surface area contributed by atoms with Gasteiger partial charge in [-0.2, -0.15) is 0 Å². The second kappa shape index (κ2) is 7.01. The van der Waals surface area contributed by atoms with Crippen LogP contribution in [0.25, 0.3) is 0 Å². The second-order valence-corrected chi connectivity index (χ2v) is 6.40. The molecule has 0 bridgehead atoms. The van der Waals surface area contributed by atoms with Gasteiger partial charge in [0.15, 0.2) is 5.13 Å². The minimum Gasteiger partial charge on any atom is -0.465 e. The molecule has 1 aliphatic heterocycles. The number of carbonyl (C=O) groups excluding carboxylic acids is 1. The Balaban J connectivity index is 1.78. The van der Waals surface area contributed by atoms with E-state index >= 15 is 0 Å². The molecule has 0 aliphatic carbocycles. The van der Waals surface area contributed by atoms with E-state index in [1.54, 1.807) is 11.3 Å². The number of esters is 1. The largest absolute Gasteiger partial charge is 0.465 e. The van der Waals surface area contributed by atoms with Crippen molar-refractivity contribution >= 4 is 33.9 Å². The molecule has 9 nitrogen and oxygen atoms in total. The van der Waals surface area contributed by atoms with E-state index < -0.39 is 10.9 Å². The van der Waals surface area contributed by atoms with E-state index in [9.17, 15) is 14.9 Å². The average Bonchev–Trinajstić information content (AvgIpc) is 3.07. The Labute approximate surface area is 148 Å². The number of thiazole rings is 1. The summed E-state index contributed by atoms with van der Waals surface area (Å²) in [6.45, 7) is 4.52. The molecular weight excluding hydrogens is 346 g/mol. The van der Waals surface area contributed by atoms with Crippen molar-refractivity contribution in [2.45, 2.75) is 6.92 Å². The summed E-state index contributed by atoms with van der Waals surface area (Å²) in [7, 11) is 1.22. The van der Waals surface area contributed by atoms with Crippen LogP contribution in [0.5, 0.6) is 0 Å². The van der Waals surface area contributed by atoms with Crippen molar-refractivity contribution in [3.05, 3.63) is 39.0 Å². The molecule has 2 aromatic rings. The maximum Gasteiger partial charge on any atom is 0.339 e. The van der Waals surface area contributed by atoms with Crippen molar-refractivity contribution in [2.75, 3.05) is 43.1 Å². The molecule has 1 fully saturated rings. The van der Waals surface area contributed by atoms with Crippen LogP contribution in [0.1, 0.15) is 16.1 Å². The van der Waals surface area contributed by atoms with Crippen molar-refractivity contribution in [1.29, 1.82) is 0 Å². The minimum atomic E-state index is -0.647. The highest BCUT2D eigenvalue weighted by molar-refractivity contribution is 7.13.